The van der Waals surface area contributed by atoms with E-state index in [0.717, 1.165) is 19.5 Å². The molecular formula is C12H23N. The maximum atomic E-state index is 2.44. The van der Waals surface area contributed by atoms with Crippen molar-refractivity contribution < 1.29 is 0 Å². The topological polar surface area (TPSA) is 3.24 Å². The number of rotatable bonds is 6. The summed E-state index contributed by atoms with van der Waals surface area (Å²) in [6.07, 6.45) is 8.91. The lowest BCUT2D eigenvalue weighted by Crippen LogP contribution is -2.23. The summed E-state index contributed by atoms with van der Waals surface area (Å²) < 4.78 is 0. The number of nitrogens with zero attached hydrogens (tertiary/aromatic N) is 1. The first-order valence-corrected chi connectivity index (χ1v) is 5.31. The Morgan fingerprint density at radius 3 is 2.31 bits per heavy atom. The zero-order valence-electron chi connectivity index (χ0n) is 9.51. The molecule has 0 aliphatic rings. The van der Waals surface area contributed by atoms with Gasteiger partial charge in [0.15, 0.2) is 0 Å². The van der Waals surface area contributed by atoms with E-state index in [1.165, 1.54) is 12.1 Å². The van der Waals surface area contributed by atoms with Crippen molar-refractivity contribution in [2.24, 2.45) is 0 Å². The van der Waals surface area contributed by atoms with Gasteiger partial charge in [-0.1, -0.05) is 32.1 Å². The summed E-state index contributed by atoms with van der Waals surface area (Å²) in [5.74, 6) is 0. The Labute approximate surface area is 83.1 Å². The third kappa shape index (κ3) is 4.76. The second-order valence-electron chi connectivity index (χ2n) is 3.15. The van der Waals surface area contributed by atoms with E-state index in [4.69, 9.17) is 0 Å². The fraction of sp³-hybridized carbons (Fsp3) is 0.667. The molecule has 0 unspecified atom stereocenters. The predicted octanol–water partition coefficient (Wildman–Crippen LogP) is 3.59. The van der Waals surface area contributed by atoms with Gasteiger partial charge < -0.3 is 4.90 Å². The molecule has 0 atom stereocenters. The summed E-state index contributed by atoms with van der Waals surface area (Å²) in [6, 6.07) is 0. The molecule has 13 heavy (non-hydrogen) atoms. The first-order valence-electron chi connectivity index (χ1n) is 5.31. The largest absolute Gasteiger partial charge is 0.371 e. The predicted molar refractivity (Wildman–Crippen MR) is 60.7 cm³/mol. The molecule has 0 saturated carbocycles. The average Bonchev–Trinajstić information content (AvgIpc) is 2.16. The maximum absolute atomic E-state index is 2.44. The molecule has 0 saturated heterocycles. The van der Waals surface area contributed by atoms with Gasteiger partial charge in [-0.25, -0.2) is 0 Å². The van der Waals surface area contributed by atoms with Gasteiger partial charge in [0.25, 0.3) is 0 Å². The van der Waals surface area contributed by atoms with Gasteiger partial charge in [-0.05, 0) is 26.7 Å². The van der Waals surface area contributed by atoms with Gasteiger partial charge in [0, 0.05) is 18.8 Å². The summed E-state index contributed by atoms with van der Waals surface area (Å²) in [4.78, 5) is 2.44. The zero-order valence-corrected chi connectivity index (χ0v) is 9.51. The van der Waals surface area contributed by atoms with Crippen LogP contribution in [-0.2, 0) is 0 Å². The van der Waals surface area contributed by atoms with Gasteiger partial charge in [0.2, 0.25) is 0 Å². The molecule has 0 aliphatic heterocycles. The fourth-order valence-electron chi connectivity index (χ4n) is 1.47. The average molecular weight is 181 g/mol. The van der Waals surface area contributed by atoms with E-state index < -0.39 is 0 Å². The van der Waals surface area contributed by atoms with Gasteiger partial charge in [-0.3, -0.25) is 0 Å². The van der Waals surface area contributed by atoms with Crippen LogP contribution in [0.2, 0.25) is 0 Å². The Bertz CT molecular complexity index is 168. The molecule has 0 aromatic heterocycles. The second-order valence-corrected chi connectivity index (χ2v) is 3.15. The van der Waals surface area contributed by atoms with Crippen LogP contribution in [0.5, 0.6) is 0 Å². The third-order valence-corrected chi connectivity index (χ3v) is 2.16. The molecule has 0 N–H and O–H groups in total. The first-order chi connectivity index (χ1) is 6.29. The Balaban J connectivity index is 4.21. The molecule has 1 heteroatoms. The van der Waals surface area contributed by atoms with Crippen molar-refractivity contribution in [2.45, 2.75) is 40.5 Å². The molecule has 0 radical (unpaired) electrons. The number of hydrogen-bond donors (Lipinski definition) is 0. The molecule has 0 bridgehead atoms. The summed E-state index contributed by atoms with van der Waals surface area (Å²) in [6.45, 7) is 10.9. The summed E-state index contributed by atoms with van der Waals surface area (Å²) in [5, 5.41) is 0. The first kappa shape index (κ1) is 12.3. The molecule has 0 aromatic rings. The standard InChI is InChI=1S/C12H23N/c1-5-9-11-13(10-6-2)12(7-3)8-4/h5,7,9H,6,8,10-11H2,1-4H3/b9-5-,12-7-. The smallest absolute Gasteiger partial charge is 0.0356 e. The van der Waals surface area contributed by atoms with E-state index in [9.17, 15) is 0 Å². The van der Waals surface area contributed by atoms with E-state index in [0.29, 0.717) is 0 Å². The van der Waals surface area contributed by atoms with E-state index in [1.54, 1.807) is 0 Å². The number of hydrogen-bond acceptors (Lipinski definition) is 1. The van der Waals surface area contributed by atoms with E-state index >= 15 is 0 Å². The van der Waals surface area contributed by atoms with Gasteiger partial charge in [0.05, 0.1) is 0 Å². The Hall–Kier alpha value is -0.720. The van der Waals surface area contributed by atoms with Crippen LogP contribution in [0.4, 0.5) is 0 Å². The highest BCUT2D eigenvalue weighted by Crippen LogP contribution is 2.09. The molecule has 0 aromatic carbocycles. The maximum Gasteiger partial charge on any atom is 0.0356 e. The Kier molecular flexibility index (Phi) is 7.47. The van der Waals surface area contributed by atoms with E-state index in [1.807, 2.05) is 0 Å². The van der Waals surface area contributed by atoms with Crippen LogP contribution < -0.4 is 0 Å². The van der Waals surface area contributed by atoms with Crippen LogP contribution in [0.3, 0.4) is 0 Å². The molecule has 0 fully saturated rings. The molecule has 0 rings (SSSR count). The van der Waals surface area contributed by atoms with Crippen molar-refractivity contribution >= 4 is 0 Å². The highest BCUT2D eigenvalue weighted by molar-refractivity contribution is 5.01. The summed E-state index contributed by atoms with van der Waals surface area (Å²) in [5.41, 5.74) is 1.46. The van der Waals surface area contributed by atoms with Crippen LogP contribution >= 0.6 is 0 Å². The van der Waals surface area contributed by atoms with Crippen molar-refractivity contribution in [1.82, 2.24) is 4.90 Å². The molecule has 1 nitrogen and oxygen atoms in total. The highest BCUT2D eigenvalue weighted by atomic mass is 15.1. The minimum atomic E-state index is 1.05. The normalized spacial score (nSPS) is 12.5. The van der Waals surface area contributed by atoms with Crippen molar-refractivity contribution in [1.29, 1.82) is 0 Å². The molecular weight excluding hydrogens is 158 g/mol. The van der Waals surface area contributed by atoms with Crippen LogP contribution in [0.25, 0.3) is 0 Å². The molecule has 76 valence electrons. The van der Waals surface area contributed by atoms with Crippen LogP contribution in [0, 0.1) is 0 Å². The highest BCUT2D eigenvalue weighted by Gasteiger charge is 2.02. The van der Waals surface area contributed by atoms with Crippen molar-refractivity contribution in [3.63, 3.8) is 0 Å². The minimum absolute atomic E-state index is 1.05. The molecule has 0 spiro atoms. The van der Waals surface area contributed by atoms with Crippen molar-refractivity contribution in [3.05, 3.63) is 23.9 Å². The van der Waals surface area contributed by atoms with Crippen LogP contribution in [-0.4, -0.2) is 18.0 Å². The monoisotopic (exact) mass is 181 g/mol. The lowest BCUT2D eigenvalue weighted by Gasteiger charge is -2.25. The van der Waals surface area contributed by atoms with Crippen LogP contribution in [0.1, 0.15) is 40.5 Å². The van der Waals surface area contributed by atoms with Crippen molar-refractivity contribution in [3.8, 4) is 0 Å². The van der Waals surface area contributed by atoms with Gasteiger partial charge in [-0.15, -0.1) is 0 Å². The molecule has 0 aliphatic carbocycles. The quantitative estimate of drug-likeness (QED) is 0.566. The molecule has 0 heterocycles. The second kappa shape index (κ2) is 7.90. The van der Waals surface area contributed by atoms with Crippen LogP contribution in [0.15, 0.2) is 23.9 Å². The minimum Gasteiger partial charge on any atom is -0.371 e. The fourth-order valence-corrected chi connectivity index (χ4v) is 1.47. The van der Waals surface area contributed by atoms with Gasteiger partial charge in [-0.2, -0.15) is 0 Å². The van der Waals surface area contributed by atoms with Crippen molar-refractivity contribution in [2.75, 3.05) is 13.1 Å². The summed E-state index contributed by atoms with van der Waals surface area (Å²) in [7, 11) is 0. The van der Waals surface area contributed by atoms with Gasteiger partial charge in [0.1, 0.15) is 0 Å². The molecule has 0 amide bonds. The Morgan fingerprint density at radius 2 is 1.92 bits per heavy atom. The van der Waals surface area contributed by atoms with Gasteiger partial charge >= 0.3 is 0 Å². The number of allylic oxidation sites excluding steroid dienone is 3. The van der Waals surface area contributed by atoms with E-state index in [2.05, 4.69) is 50.8 Å². The lowest BCUT2D eigenvalue weighted by atomic mass is 10.2. The van der Waals surface area contributed by atoms with E-state index in [-0.39, 0.29) is 0 Å². The zero-order chi connectivity index (χ0) is 10.1. The summed E-state index contributed by atoms with van der Waals surface area (Å²) >= 11 is 0. The Morgan fingerprint density at radius 1 is 1.23 bits per heavy atom. The SMILES string of the molecule is C/C=C\CN(CCC)/C(=C\C)CC. The third-order valence-electron chi connectivity index (χ3n) is 2.16. The lowest BCUT2D eigenvalue weighted by molar-refractivity contribution is 0.368.